The summed E-state index contributed by atoms with van der Waals surface area (Å²) >= 11 is 3.37. The van der Waals surface area contributed by atoms with Gasteiger partial charge < -0.3 is 20.1 Å². The van der Waals surface area contributed by atoms with E-state index in [9.17, 15) is 14.4 Å². The van der Waals surface area contributed by atoms with E-state index in [1.165, 1.54) is 20.4 Å². The van der Waals surface area contributed by atoms with Crippen LogP contribution in [0, 0.1) is 6.92 Å². The van der Waals surface area contributed by atoms with Crippen LogP contribution in [0.2, 0.25) is 0 Å². The Morgan fingerprint density at radius 3 is 2.47 bits per heavy atom. The van der Waals surface area contributed by atoms with Crippen LogP contribution >= 0.6 is 15.9 Å². The third-order valence-corrected chi connectivity index (χ3v) is 4.34. The molecule has 3 N–H and O–H groups in total. The number of carbonyl (C=O) groups is 3. The largest absolute Gasteiger partial charge is 0.493 e. The molecule has 0 aliphatic heterocycles. The van der Waals surface area contributed by atoms with Gasteiger partial charge in [0.15, 0.2) is 18.1 Å². The van der Waals surface area contributed by atoms with Crippen LogP contribution in [0.3, 0.4) is 0 Å². The van der Waals surface area contributed by atoms with Crippen LogP contribution in [0.25, 0.3) is 0 Å². The zero-order chi connectivity index (χ0) is 22.1. The van der Waals surface area contributed by atoms with Crippen molar-refractivity contribution in [1.82, 2.24) is 10.7 Å². The number of hydrogen-bond donors (Lipinski definition) is 3. The summed E-state index contributed by atoms with van der Waals surface area (Å²) in [5.41, 5.74) is 4.42. The molecule has 0 unspecified atom stereocenters. The van der Waals surface area contributed by atoms with Gasteiger partial charge in [-0.3, -0.25) is 14.4 Å². The minimum Gasteiger partial charge on any atom is -0.493 e. The normalized spacial score (nSPS) is 10.4. The third kappa shape index (κ3) is 6.59. The van der Waals surface area contributed by atoms with E-state index >= 15 is 0 Å². The Labute approximate surface area is 182 Å². The summed E-state index contributed by atoms with van der Waals surface area (Å²) in [6.45, 7) is 1.74. The lowest BCUT2D eigenvalue weighted by atomic mass is 10.2. The molecule has 2 aromatic rings. The number of amides is 3. The molecule has 158 valence electrons. The van der Waals surface area contributed by atoms with E-state index in [1.807, 2.05) is 19.1 Å². The number of likely N-dealkylation sites (N-methyl/N-ethyl adjacent to an activating group) is 1. The van der Waals surface area contributed by atoms with E-state index in [-0.39, 0.29) is 12.5 Å². The highest BCUT2D eigenvalue weighted by atomic mass is 79.9. The van der Waals surface area contributed by atoms with E-state index < -0.39 is 11.8 Å². The number of nitrogens with zero attached hydrogens (tertiary/aromatic N) is 1. The Hall–Kier alpha value is -3.40. The van der Waals surface area contributed by atoms with Crippen molar-refractivity contribution < 1.29 is 23.9 Å². The molecule has 9 nitrogen and oxygen atoms in total. The van der Waals surface area contributed by atoms with Crippen molar-refractivity contribution in [3.8, 4) is 11.5 Å². The molecule has 0 heterocycles. The summed E-state index contributed by atoms with van der Waals surface area (Å²) in [4.78, 5) is 34.7. The van der Waals surface area contributed by atoms with Crippen molar-refractivity contribution in [3.63, 3.8) is 0 Å². The minimum absolute atomic E-state index is 0.224. The highest BCUT2D eigenvalue weighted by Gasteiger charge is 2.14. The molecule has 0 saturated heterocycles. The monoisotopic (exact) mass is 476 g/mol. The first kappa shape index (κ1) is 22.9. The van der Waals surface area contributed by atoms with Crippen LogP contribution in [0.1, 0.15) is 11.1 Å². The quantitative estimate of drug-likeness (QED) is 0.320. The Kier molecular flexibility index (Phi) is 8.36. The lowest BCUT2D eigenvalue weighted by molar-refractivity contribution is -0.138. The highest BCUT2D eigenvalue weighted by molar-refractivity contribution is 9.10. The zero-order valence-electron chi connectivity index (χ0n) is 16.6. The fraction of sp³-hybridized carbons (Fsp3) is 0.200. The predicted molar refractivity (Wildman–Crippen MR) is 116 cm³/mol. The van der Waals surface area contributed by atoms with Gasteiger partial charge in [-0.2, -0.15) is 5.10 Å². The Balaban J connectivity index is 2.02. The number of methoxy groups -OCH3 is 1. The lowest BCUT2D eigenvalue weighted by Gasteiger charge is -2.13. The van der Waals surface area contributed by atoms with Crippen molar-refractivity contribution in [2.75, 3.05) is 26.1 Å². The molecule has 0 spiro atoms. The van der Waals surface area contributed by atoms with Crippen molar-refractivity contribution >= 4 is 45.6 Å². The van der Waals surface area contributed by atoms with Gasteiger partial charge in [0, 0.05) is 12.7 Å². The fourth-order valence-corrected chi connectivity index (χ4v) is 2.83. The maximum atomic E-state index is 12.1. The van der Waals surface area contributed by atoms with E-state index in [2.05, 4.69) is 37.1 Å². The van der Waals surface area contributed by atoms with Crippen LogP contribution < -0.4 is 25.5 Å². The van der Waals surface area contributed by atoms with Gasteiger partial charge >= 0.3 is 11.8 Å². The highest BCUT2D eigenvalue weighted by Crippen LogP contribution is 2.36. The van der Waals surface area contributed by atoms with Crippen LogP contribution in [0.5, 0.6) is 11.5 Å². The third-order valence-electron chi connectivity index (χ3n) is 3.75. The Morgan fingerprint density at radius 1 is 1.13 bits per heavy atom. The molecule has 0 aliphatic rings. The molecule has 0 aliphatic carbocycles. The molecule has 2 aromatic carbocycles. The SMILES string of the molecule is CNC(=O)C(=O)N/N=C\c1cc(Br)c(OCC(=O)Nc2ccc(C)cc2)c(OC)c1. The van der Waals surface area contributed by atoms with E-state index in [0.717, 1.165) is 5.56 Å². The van der Waals surface area contributed by atoms with Gasteiger partial charge in [0.25, 0.3) is 5.91 Å². The molecule has 0 radical (unpaired) electrons. The number of benzene rings is 2. The van der Waals surface area contributed by atoms with Crippen LogP contribution in [-0.4, -0.2) is 44.7 Å². The van der Waals surface area contributed by atoms with E-state index in [4.69, 9.17) is 9.47 Å². The fourth-order valence-electron chi connectivity index (χ4n) is 2.26. The Morgan fingerprint density at radius 2 is 1.83 bits per heavy atom. The van der Waals surface area contributed by atoms with Gasteiger partial charge in [-0.25, -0.2) is 5.43 Å². The van der Waals surface area contributed by atoms with Gasteiger partial charge in [-0.05, 0) is 52.7 Å². The van der Waals surface area contributed by atoms with Gasteiger partial charge in [0.1, 0.15) is 0 Å². The first-order valence-electron chi connectivity index (χ1n) is 8.76. The summed E-state index contributed by atoms with van der Waals surface area (Å²) in [5, 5.41) is 8.65. The molecule has 0 fully saturated rings. The van der Waals surface area contributed by atoms with Crippen LogP contribution in [0.4, 0.5) is 5.69 Å². The number of hydrazone groups is 1. The number of ether oxygens (including phenoxy) is 2. The number of rotatable bonds is 7. The van der Waals surface area contributed by atoms with Crippen molar-refractivity contribution in [3.05, 3.63) is 52.0 Å². The molecule has 0 atom stereocenters. The summed E-state index contributed by atoms with van der Waals surface area (Å²) in [5.74, 6) is -1.33. The van der Waals surface area contributed by atoms with Gasteiger partial charge in [-0.1, -0.05) is 17.7 Å². The molecule has 2 rings (SSSR count). The summed E-state index contributed by atoms with van der Waals surface area (Å²) in [6, 6.07) is 10.7. The second-order valence-electron chi connectivity index (χ2n) is 6.02. The predicted octanol–water partition coefficient (Wildman–Crippen LogP) is 1.98. The van der Waals surface area contributed by atoms with Crippen molar-refractivity contribution in [2.45, 2.75) is 6.92 Å². The molecule has 3 amide bonds. The number of halogens is 1. The minimum atomic E-state index is -0.890. The molecule has 30 heavy (non-hydrogen) atoms. The average Bonchev–Trinajstić information content (AvgIpc) is 2.73. The molecular weight excluding hydrogens is 456 g/mol. The molecule has 0 bridgehead atoms. The number of aryl methyl sites for hydroxylation is 1. The van der Waals surface area contributed by atoms with E-state index in [0.29, 0.717) is 27.2 Å². The second-order valence-corrected chi connectivity index (χ2v) is 6.87. The molecule has 10 heteroatoms. The number of nitrogens with one attached hydrogen (secondary N) is 3. The van der Waals surface area contributed by atoms with Gasteiger partial charge in [0.2, 0.25) is 0 Å². The number of hydrogen-bond acceptors (Lipinski definition) is 6. The lowest BCUT2D eigenvalue weighted by Crippen LogP contribution is -2.35. The number of carbonyl (C=O) groups excluding carboxylic acids is 3. The summed E-state index contributed by atoms with van der Waals surface area (Å²) in [7, 11) is 2.79. The topological polar surface area (TPSA) is 118 Å². The average molecular weight is 477 g/mol. The number of anilines is 1. The maximum Gasteiger partial charge on any atom is 0.329 e. The van der Waals surface area contributed by atoms with Gasteiger partial charge in [-0.15, -0.1) is 0 Å². The zero-order valence-corrected chi connectivity index (χ0v) is 18.2. The first-order valence-corrected chi connectivity index (χ1v) is 9.55. The standard InChI is InChI=1S/C20H21BrN4O5/c1-12-4-6-14(7-5-12)24-17(26)11-30-18-15(21)8-13(9-16(18)29-3)10-23-25-20(28)19(27)22-2/h4-10H,11H2,1-3H3,(H,22,27)(H,24,26)(H,25,28)/b23-10-. The molecule has 0 saturated carbocycles. The summed E-state index contributed by atoms with van der Waals surface area (Å²) < 4.78 is 11.4. The van der Waals surface area contributed by atoms with Crippen molar-refractivity contribution in [1.29, 1.82) is 0 Å². The Bertz CT molecular complexity index is 960. The second kappa shape index (κ2) is 11.0. The van der Waals surface area contributed by atoms with Crippen LogP contribution in [-0.2, 0) is 14.4 Å². The summed E-state index contributed by atoms with van der Waals surface area (Å²) in [6.07, 6.45) is 1.34. The van der Waals surface area contributed by atoms with E-state index in [1.54, 1.807) is 24.3 Å². The smallest absolute Gasteiger partial charge is 0.329 e. The maximum absolute atomic E-state index is 12.1. The van der Waals surface area contributed by atoms with Gasteiger partial charge in [0.05, 0.1) is 17.8 Å². The van der Waals surface area contributed by atoms with Crippen molar-refractivity contribution in [2.24, 2.45) is 5.10 Å². The molecular formula is C20H21BrN4O5. The van der Waals surface area contributed by atoms with Crippen LogP contribution in [0.15, 0.2) is 46.0 Å². The molecule has 0 aromatic heterocycles. The first-order chi connectivity index (χ1) is 14.3.